The normalized spacial score (nSPS) is 11.1. The van der Waals surface area contributed by atoms with Gasteiger partial charge >= 0.3 is 5.97 Å². The summed E-state index contributed by atoms with van der Waals surface area (Å²) in [6.07, 6.45) is 4.67. The van der Waals surface area contributed by atoms with E-state index in [-0.39, 0.29) is 5.69 Å². The largest absolute Gasteiger partial charge is 0.466 e. The van der Waals surface area contributed by atoms with E-state index in [1.165, 1.54) is 25.3 Å². The molecule has 0 unspecified atom stereocenters. The van der Waals surface area contributed by atoms with Gasteiger partial charge in [0, 0.05) is 18.2 Å². The highest BCUT2D eigenvalue weighted by Gasteiger charge is 2.09. The zero-order chi connectivity index (χ0) is 18.2. The summed E-state index contributed by atoms with van der Waals surface area (Å²) >= 11 is 0. The highest BCUT2D eigenvalue weighted by molar-refractivity contribution is 5.95. The summed E-state index contributed by atoms with van der Waals surface area (Å²) in [5.74, 6) is -0.564. The van der Waals surface area contributed by atoms with E-state index in [0.29, 0.717) is 16.7 Å². The summed E-state index contributed by atoms with van der Waals surface area (Å²) in [4.78, 5) is 22.1. The van der Waals surface area contributed by atoms with Crippen molar-refractivity contribution in [3.63, 3.8) is 0 Å². The first-order chi connectivity index (χ1) is 12.0. The second kappa shape index (κ2) is 8.22. The van der Waals surface area contributed by atoms with Gasteiger partial charge in [0.25, 0.3) is 5.69 Å². The van der Waals surface area contributed by atoms with Crippen LogP contribution in [0, 0.1) is 21.4 Å². The van der Waals surface area contributed by atoms with Gasteiger partial charge in [-0.2, -0.15) is 5.26 Å². The van der Waals surface area contributed by atoms with E-state index in [4.69, 9.17) is 5.26 Å². The SMILES string of the molecule is COC(=O)C=C(C=Cc1ccc(C#N)cc1)c1cccc([N+](=O)[O-])c1. The fourth-order valence-electron chi connectivity index (χ4n) is 2.07. The number of methoxy groups -OCH3 is 1. The van der Waals surface area contributed by atoms with Crippen LogP contribution >= 0.6 is 0 Å². The average molecular weight is 334 g/mol. The standard InChI is InChI=1S/C19H14N2O4/c1-25-19(22)12-17(16-3-2-4-18(11-16)21(23)24)10-9-14-5-7-15(13-20)8-6-14/h2-12H,1H3. The molecule has 25 heavy (non-hydrogen) atoms. The third-order valence-electron chi connectivity index (χ3n) is 3.36. The number of esters is 1. The van der Waals surface area contributed by atoms with Gasteiger partial charge in [-0.25, -0.2) is 4.79 Å². The summed E-state index contributed by atoms with van der Waals surface area (Å²) in [6, 6.07) is 14.9. The van der Waals surface area contributed by atoms with E-state index in [1.807, 2.05) is 6.07 Å². The third kappa shape index (κ3) is 4.88. The number of nitriles is 1. The summed E-state index contributed by atoms with van der Waals surface area (Å²) < 4.78 is 4.64. The van der Waals surface area contributed by atoms with Crippen LogP contribution in [0.15, 0.2) is 60.7 Å². The Bertz CT molecular complexity index is 890. The van der Waals surface area contributed by atoms with Gasteiger partial charge in [0.05, 0.1) is 23.7 Å². The first-order valence-electron chi connectivity index (χ1n) is 7.26. The molecule has 0 N–H and O–H groups in total. The highest BCUT2D eigenvalue weighted by Crippen LogP contribution is 2.22. The Morgan fingerprint density at radius 3 is 2.56 bits per heavy atom. The van der Waals surface area contributed by atoms with Crippen LogP contribution in [-0.4, -0.2) is 18.0 Å². The molecule has 0 atom stereocenters. The number of nitro benzene ring substituents is 1. The van der Waals surface area contributed by atoms with Crippen molar-refractivity contribution in [3.8, 4) is 6.07 Å². The molecule has 0 aliphatic rings. The van der Waals surface area contributed by atoms with Crippen molar-refractivity contribution in [1.82, 2.24) is 0 Å². The number of hydrogen-bond acceptors (Lipinski definition) is 5. The Kier molecular flexibility index (Phi) is 5.80. The molecule has 0 heterocycles. The first-order valence-corrected chi connectivity index (χ1v) is 7.26. The molecule has 0 aliphatic heterocycles. The molecule has 2 aromatic carbocycles. The summed E-state index contributed by atoms with van der Waals surface area (Å²) in [5, 5.41) is 19.8. The van der Waals surface area contributed by atoms with Crippen LogP contribution in [0.1, 0.15) is 16.7 Å². The number of carbonyl (C=O) groups is 1. The number of allylic oxidation sites excluding steroid dienone is 2. The van der Waals surface area contributed by atoms with E-state index in [9.17, 15) is 14.9 Å². The number of carbonyl (C=O) groups excluding carboxylic acids is 1. The molecular weight excluding hydrogens is 320 g/mol. The number of nitrogens with zero attached hydrogens (tertiary/aromatic N) is 2. The van der Waals surface area contributed by atoms with Gasteiger partial charge in [0.15, 0.2) is 0 Å². The number of hydrogen-bond donors (Lipinski definition) is 0. The van der Waals surface area contributed by atoms with Crippen LogP contribution in [0.2, 0.25) is 0 Å². The lowest BCUT2D eigenvalue weighted by molar-refractivity contribution is -0.384. The molecule has 0 saturated carbocycles. The molecule has 0 spiro atoms. The maximum atomic E-state index is 11.6. The van der Waals surface area contributed by atoms with Crippen molar-refractivity contribution in [2.45, 2.75) is 0 Å². The fourth-order valence-corrected chi connectivity index (χ4v) is 2.07. The van der Waals surface area contributed by atoms with Crippen molar-refractivity contribution in [1.29, 1.82) is 5.26 Å². The van der Waals surface area contributed by atoms with Crippen molar-refractivity contribution in [2.24, 2.45) is 0 Å². The molecule has 0 saturated heterocycles. The van der Waals surface area contributed by atoms with Crippen molar-refractivity contribution < 1.29 is 14.5 Å². The molecule has 0 bridgehead atoms. The van der Waals surface area contributed by atoms with Crippen molar-refractivity contribution in [2.75, 3.05) is 7.11 Å². The minimum absolute atomic E-state index is 0.0694. The first kappa shape index (κ1) is 17.6. The Hall–Kier alpha value is -3.72. The Morgan fingerprint density at radius 2 is 1.96 bits per heavy atom. The second-order valence-electron chi connectivity index (χ2n) is 5.00. The molecule has 2 aromatic rings. The fraction of sp³-hybridized carbons (Fsp3) is 0.0526. The predicted octanol–water partition coefficient (Wildman–Crippen LogP) is 3.74. The average Bonchev–Trinajstić information content (AvgIpc) is 2.65. The summed E-state index contributed by atoms with van der Waals surface area (Å²) in [6.45, 7) is 0. The number of nitro groups is 1. The lowest BCUT2D eigenvalue weighted by Crippen LogP contribution is -1.97. The molecule has 0 radical (unpaired) electrons. The van der Waals surface area contributed by atoms with Gasteiger partial charge < -0.3 is 4.74 Å². The van der Waals surface area contributed by atoms with Crippen LogP contribution in [0.4, 0.5) is 5.69 Å². The predicted molar refractivity (Wildman–Crippen MR) is 93.3 cm³/mol. The van der Waals surface area contributed by atoms with Crippen LogP contribution in [0.5, 0.6) is 0 Å². The summed E-state index contributed by atoms with van der Waals surface area (Å²) in [5.41, 5.74) is 2.28. The Morgan fingerprint density at radius 1 is 1.24 bits per heavy atom. The lowest BCUT2D eigenvalue weighted by atomic mass is 10.0. The quantitative estimate of drug-likeness (QED) is 0.273. The second-order valence-corrected chi connectivity index (χ2v) is 5.00. The van der Waals surface area contributed by atoms with Crippen LogP contribution in [0.25, 0.3) is 11.6 Å². The third-order valence-corrected chi connectivity index (χ3v) is 3.36. The van der Waals surface area contributed by atoms with Crippen LogP contribution < -0.4 is 0 Å². The highest BCUT2D eigenvalue weighted by atomic mass is 16.6. The van der Waals surface area contributed by atoms with E-state index >= 15 is 0 Å². The van der Waals surface area contributed by atoms with Gasteiger partial charge in [-0.15, -0.1) is 0 Å². The van der Waals surface area contributed by atoms with Gasteiger partial charge in [0.1, 0.15) is 0 Å². The van der Waals surface area contributed by atoms with Crippen LogP contribution in [0.3, 0.4) is 0 Å². The van der Waals surface area contributed by atoms with Crippen molar-refractivity contribution >= 4 is 23.3 Å². The molecule has 6 heteroatoms. The van der Waals surface area contributed by atoms with Gasteiger partial charge in [-0.3, -0.25) is 10.1 Å². The van der Waals surface area contributed by atoms with Gasteiger partial charge in [-0.1, -0.05) is 36.4 Å². The number of benzene rings is 2. The lowest BCUT2D eigenvalue weighted by Gasteiger charge is -2.03. The van der Waals surface area contributed by atoms with E-state index < -0.39 is 10.9 Å². The zero-order valence-electron chi connectivity index (χ0n) is 13.4. The maximum absolute atomic E-state index is 11.6. The molecule has 0 amide bonds. The van der Waals surface area contributed by atoms with E-state index in [0.717, 1.165) is 5.56 Å². The van der Waals surface area contributed by atoms with Crippen molar-refractivity contribution in [3.05, 3.63) is 87.5 Å². The molecule has 6 nitrogen and oxygen atoms in total. The number of ether oxygens (including phenoxy) is 1. The smallest absolute Gasteiger partial charge is 0.331 e. The minimum Gasteiger partial charge on any atom is -0.466 e. The minimum atomic E-state index is -0.564. The maximum Gasteiger partial charge on any atom is 0.331 e. The van der Waals surface area contributed by atoms with Crippen LogP contribution in [-0.2, 0) is 9.53 Å². The van der Waals surface area contributed by atoms with E-state index in [2.05, 4.69) is 4.74 Å². The van der Waals surface area contributed by atoms with Gasteiger partial charge in [0.2, 0.25) is 0 Å². The molecule has 0 fully saturated rings. The molecule has 2 rings (SSSR count). The zero-order valence-corrected chi connectivity index (χ0v) is 13.4. The molecule has 0 aliphatic carbocycles. The number of rotatable bonds is 5. The van der Waals surface area contributed by atoms with Gasteiger partial charge in [-0.05, 0) is 28.8 Å². The Labute approximate surface area is 144 Å². The molecule has 124 valence electrons. The topological polar surface area (TPSA) is 93.2 Å². The number of non-ortho nitro benzene ring substituents is 1. The van der Waals surface area contributed by atoms with E-state index in [1.54, 1.807) is 48.6 Å². The summed E-state index contributed by atoms with van der Waals surface area (Å²) in [7, 11) is 1.26. The Balaban J connectivity index is 2.39. The molecular formula is C19H14N2O4. The monoisotopic (exact) mass is 334 g/mol. The molecule has 0 aromatic heterocycles.